The maximum absolute atomic E-state index is 11.6. The Bertz CT molecular complexity index is 403. The first kappa shape index (κ1) is 16.5. The van der Waals surface area contributed by atoms with Gasteiger partial charge in [0.25, 0.3) is 5.91 Å². The average molecular weight is 279 g/mol. The van der Waals surface area contributed by atoms with Crippen molar-refractivity contribution in [3.8, 4) is 5.75 Å². The van der Waals surface area contributed by atoms with E-state index in [1.807, 2.05) is 26.0 Å². The van der Waals surface area contributed by atoms with Crippen molar-refractivity contribution >= 4 is 5.91 Å². The zero-order valence-electron chi connectivity index (χ0n) is 12.6. The van der Waals surface area contributed by atoms with Crippen molar-refractivity contribution in [1.82, 2.24) is 5.32 Å². The third-order valence-electron chi connectivity index (χ3n) is 3.15. The quantitative estimate of drug-likeness (QED) is 0.769. The topological polar surface area (TPSA) is 58.6 Å². The van der Waals surface area contributed by atoms with Gasteiger partial charge in [-0.1, -0.05) is 32.4 Å². The number of carbonyl (C=O) groups excluding carboxylic acids is 1. The highest BCUT2D eigenvalue weighted by Gasteiger charge is 2.08. The van der Waals surface area contributed by atoms with Gasteiger partial charge < -0.3 is 15.2 Å². The molecule has 2 unspecified atom stereocenters. The lowest BCUT2D eigenvalue weighted by Gasteiger charge is -2.13. The molecule has 2 N–H and O–H groups in total. The summed E-state index contributed by atoms with van der Waals surface area (Å²) >= 11 is 0. The molecule has 2 atom stereocenters. The number of nitrogens with one attached hydrogen (secondary N) is 1. The fourth-order valence-corrected chi connectivity index (χ4v) is 1.99. The maximum atomic E-state index is 11.6. The molecule has 1 rings (SSSR count). The Balaban J connectivity index is 2.40. The van der Waals surface area contributed by atoms with Crippen LogP contribution < -0.4 is 10.1 Å². The molecule has 0 saturated heterocycles. The third-order valence-corrected chi connectivity index (χ3v) is 3.15. The van der Waals surface area contributed by atoms with Crippen LogP contribution in [-0.2, 0) is 4.79 Å². The first-order valence-electron chi connectivity index (χ1n) is 7.27. The summed E-state index contributed by atoms with van der Waals surface area (Å²) in [6.45, 7) is 6.02. The number of aliphatic hydroxyl groups excluding tert-OH is 1. The Kier molecular flexibility index (Phi) is 7.09. The van der Waals surface area contributed by atoms with Crippen LogP contribution >= 0.6 is 0 Å². The van der Waals surface area contributed by atoms with Crippen molar-refractivity contribution in [1.29, 1.82) is 0 Å². The molecule has 0 radical (unpaired) electrons. The van der Waals surface area contributed by atoms with Crippen molar-refractivity contribution in [3.05, 3.63) is 29.8 Å². The molecule has 0 aliphatic rings. The molecule has 112 valence electrons. The number of carbonyl (C=O) groups is 1. The van der Waals surface area contributed by atoms with Gasteiger partial charge >= 0.3 is 0 Å². The number of rotatable bonds is 8. The Labute approximate surface area is 121 Å². The molecule has 0 bridgehead atoms. The van der Waals surface area contributed by atoms with Crippen molar-refractivity contribution in [2.45, 2.75) is 52.2 Å². The minimum Gasteiger partial charge on any atom is -0.484 e. The minimum atomic E-state index is -0.442. The SMILES string of the molecule is CCCC(C)NC(=O)COc1ccc(C(O)CC)cc1. The van der Waals surface area contributed by atoms with E-state index in [-0.39, 0.29) is 18.6 Å². The third kappa shape index (κ3) is 5.61. The van der Waals surface area contributed by atoms with E-state index in [9.17, 15) is 9.90 Å². The molecular weight excluding hydrogens is 254 g/mol. The predicted octanol–water partition coefficient (Wildman–Crippen LogP) is 2.81. The Hall–Kier alpha value is -1.55. The fraction of sp³-hybridized carbons (Fsp3) is 0.562. The molecule has 4 heteroatoms. The lowest BCUT2D eigenvalue weighted by atomic mass is 10.1. The van der Waals surface area contributed by atoms with E-state index in [1.54, 1.807) is 12.1 Å². The lowest BCUT2D eigenvalue weighted by molar-refractivity contribution is -0.123. The Morgan fingerprint density at radius 3 is 2.50 bits per heavy atom. The van der Waals surface area contributed by atoms with Crippen LogP contribution in [0.5, 0.6) is 5.75 Å². The summed E-state index contributed by atoms with van der Waals surface area (Å²) < 4.78 is 5.42. The van der Waals surface area contributed by atoms with Crippen LogP contribution in [0, 0.1) is 0 Å². The molecule has 0 aliphatic carbocycles. The molecule has 0 saturated carbocycles. The van der Waals surface area contributed by atoms with Gasteiger partial charge in [0.2, 0.25) is 0 Å². The van der Waals surface area contributed by atoms with E-state index >= 15 is 0 Å². The van der Waals surface area contributed by atoms with E-state index in [0.29, 0.717) is 12.2 Å². The van der Waals surface area contributed by atoms with Gasteiger partial charge in [0, 0.05) is 6.04 Å². The van der Waals surface area contributed by atoms with Gasteiger partial charge in [0.05, 0.1) is 6.10 Å². The van der Waals surface area contributed by atoms with Gasteiger partial charge in [-0.05, 0) is 37.5 Å². The summed E-state index contributed by atoms with van der Waals surface area (Å²) in [6.07, 6.45) is 2.25. The minimum absolute atomic E-state index is 0.0176. The summed E-state index contributed by atoms with van der Waals surface area (Å²) in [6, 6.07) is 7.37. The molecule has 0 heterocycles. The van der Waals surface area contributed by atoms with Crippen LogP contribution in [0.15, 0.2) is 24.3 Å². The Morgan fingerprint density at radius 1 is 1.30 bits per heavy atom. The average Bonchev–Trinajstić information content (AvgIpc) is 2.45. The van der Waals surface area contributed by atoms with Crippen molar-refractivity contribution in [2.24, 2.45) is 0 Å². The van der Waals surface area contributed by atoms with Gasteiger partial charge in [-0.15, -0.1) is 0 Å². The lowest BCUT2D eigenvalue weighted by Crippen LogP contribution is -2.35. The second-order valence-corrected chi connectivity index (χ2v) is 5.04. The van der Waals surface area contributed by atoms with E-state index in [1.165, 1.54) is 0 Å². The summed E-state index contributed by atoms with van der Waals surface area (Å²) in [7, 11) is 0. The van der Waals surface area contributed by atoms with Gasteiger partial charge in [-0.25, -0.2) is 0 Å². The number of aliphatic hydroxyl groups is 1. The number of ether oxygens (including phenoxy) is 1. The van der Waals surface area contributed by atoms with Crippen LogP contribution in [-0.4, -0.2) is 23.7 Å². The molecule has 0 fully saturated rings. The molecule has 1 amide bonds. The second kappa shape index (κ2) is 8.59. The normalized spacial score (nSPS) is 13.6. The smallest absolute Gasteiger partial charge is 0.258 e. The summed E-state index contributed by atoms with van der Waals surface area (Å²) in [5.74, 6) is 0.527. The van der Waals surface area contributed by atoms with Crippen molar-refractivity contribution < 1.29 is 14.6 Å². The standard InChI is InChI=1S/C16H25NO3/c1-4-6-12(3)17-16(19)11-20-14-9-7-13(8-10-14)15(18)5-2/h7-10,12,15,18H,4-6,11H2,1-3H3,(H,17,19). The molecular formula is C16H25NO3. The van der Waals surface area contributed by atoms with Gasteiger partial charge in [0.1, 0.15) is 5.75 Å². The molecule has 4 nitrogen and oxygen atoms in total. The summed E-state index contributed by atoms with van der Waals surface area (Å²) in [4.78, 5) is 11.6. The molecule has 0 aliphatic heterocycles. The van der Waals surface area contributed by atoms with Crippen molar-refractivity contribution in [2.75, 3.05) is 6.61 Å². The molecule has 20 heavy (non-hydrogen) atoms. The number of hydrogen-bond donors (Lipinski definition) is 2. The first-order valence-corrected chi connectivity index (χ1v) is 7.27. The summed E-state index contributed by atoms with van der Waals surface area (Å²) in [5, 5.41) is 12.6. The first-order chi connectivity index (χ1) is 9.56. The molecule has 1 aromatic carbocycles. The van der Waals surface area contributed by atoms with Crippen molar-refractivity contribution in [3.63, 3.8) is 0 Å². The maximum Gasteiger partial charge on any atom is 0.258 e. The highest BCUT2D eigenvalue weighted by Crippen LogP contribution is 2.19. The predicted molar refractivity (Wildman–Crippen MR) is 79.7 cm³/mol. The summed E-state index contributed by atoms with van der Waals surface area (Å²) in [5.41, 5.74) is 0.862. The van der Waals surface area contributed by atoms with Crippen LogP contribution in [0.4, 0.5) is 0 Å². The van der Waals surface area contributed by atoms with E-state index in [4.69, 9.17) is 4.74 Å². The molecule has 0 spiro atoms. The number of hydrogen-bond acceptors (Lipinski definition) is 3. The van der Waals surface area contributed by atoms with E-state index in [2.05, 4.69) is 12.2 Å². The van der Waals surface area contributed by atoms with Gasteiger partial charge in [-0.2, -0.15) is 0 Å². The highest BCUT2D eigenvalue weighted by molar-refractivity contribution is 5.77. The van der Waals surface area contributed by atoms with Gasteiger partial charge in [-0.3, -0.25) is 4.79 Å². The highest BCUT2D eigenvalue weighted by atomic mass is 16.5. The van der Waals surface area contributed by atoms with Crippen LogP contribution in [0.1, 0.15) is 51.7 Å². The Morgan fingerprint density at radius 2 is 1.95 bits per heavy atom. The van der Waals surface area contributed by atoms with E-state index in [0.717, 1.165) is 18.4 Å². The van der Waals surface area contributed by atoms with Crippen LogP contribution in [0.3, 0.4) is 0 Å². The largest absolute Gasteiger partial charge is 0.484 e. The number of amides is 1. The second-order valence-electron chi connectivity index (χ2n) is 5.04. The van der Waals surface area contributed by atoms with E-state index < -0.39 is 6.10 Å². The molecule has 0 aromatic heterocycles. The fourth-order valence-electron chi connectivity index (χ4n) is 1.99. The van der Waals surface area contributed by atoms with Crippen LogP contribution in [0.2, 0.25) is 0 Å². The zero-order chi connectivity index (χ0) is 15.0. The monoisotopic (exact) mass is 279 g/mol. The molecule has 1 aromatic rings. The zero-order valence-corrected chi connectivity index (χ0v) is 12.6. The van der Waals surface area contributed by atoms with Gasteiger partial charge in [0.15, 0.2) is 6.61 Å². The number of benzene rings is 1. The van der Waals surface area contributed by atoms with Crippen LogP contribution in [0.25, 0.3) is 0 Å².